The van der Waals surface area contributed by atoms with E-state index < -0.39 is 24.0 Å². The normalized spacial score (nSPS) is 19.5. The first-order valence-electron chi connectivity index (χ1n) is 12.1. The molecule has 0 fully saturated rings. The molecule has 2 amide bonds. The van der Waals surface area contributed by atoms with Gasteiger partial charge in [0.1, 0.15) is 6.61 Å². The predicted molar refractivity (Wildman–Crippen MR) is 133 cm³/mol. The number of carbonyl (C=O) groups is 3. The van der Waals surface area contributed by atoms with Gasteiger partial charge in [-0.1, -0.05) is 74.5 Å². The second-order valence-electron chi connectivity index (χ2n) is 9.63. The maximum Gasteiger partial charge on any atom is 0.407 e. The predicted octanol–water partition coefficient (Wildman–Crippen LogP) is 4.48. The van der Waals surface area contributed by atoms with Crippen molar-refractivity contribution in [1.29, 1.82) is 0 Å². The van der Waals surface area contributed by atoms with E-state index in [1.54, 1.807) is 6.08 Å². The lowest BCUT2D eigenvalue weighted by atomic mass is 9.91. The number of benzene rings is 2. The Balaban J connectivity index is 1.33. The molecule has 3 N–H and O–H groups in total. The molecular weight excluding hydrogens is 444 g/mol. The van der Waals surface area contributed by atoms with Gasteiger partial charge in [0.05, 0.1) is 5.92 Å². The second kappa shape index (κ2) is 10.8. The maximum atomic E-state index is 12.7. The Kier molecular flexibility index (Phi) is 7.54. The van der Waals surface area contributed by atoms with Crippen molar-refractivity contribution in [3.05, 3.63) is 71.8 Å². The Bertz CT molecular complexity index is 1080. The summed E-state index contributed by atoms with van der Waals surface area (Å²) >= 11 is 0. The topological polar surface area (TPSA) is 105 Å². The minimum Gasteiger partial charge on any atom is -0.481 e. The standard InChI is InChI=1S/C28H32N2O5/c1-17(2)25(15-26(31)29-19-9-7-8-18(14-19)27(32)33)30-28(34)35-16-24-22-12-5-3-10-20(22)21-11-4-6-13-23(21)24/h3-7,9-13,17-19,24-25H,8,14-16H2,1-2H3,(H,29,31)(H,30,34)(H,32,33)/t18?,19?,25-/m0/s1. The van der Waals surface area contributed by atoms with E-state index in [9.17, 15) is 19.5 Å². The summed E-state index contributed by atoms with van der Waals surface area (Å²) in [7, 11) is 0. The van der Waals surface area contributed by atoms with Crippen LogP contribution in [0.3, 0.4) is 0 Å². The number of carboxylic acids is 1. The third-order valence-corrected chi connectivity index (χ3v) is 6.88. The SMILES string of the molecule is CC(C)[C@H](CC(=O)NC1C=CCC(C(=O)O)C1)NC(=O)OCC1c2ccccc2-c2ccccc21. The lowest BCUT2D eigenvalue weighted by molar-refractivity contribution is -0.142. The molecular formula is C28H32N2O5. The number of hydrogen-bond acceptors (Lipinski definition) is 4. The average molecular weight is 477 g/mol. The Morgan fingerprint density at radius 2 is 1.66 bits per heavy atom. The van der Waals surface area contributed by atoms with Crippen molar-refractivity contribution in [3.63, 3.8) is 0 Å². The number of nitrogens with one attached hydrogen (secondary N) is 2. The molecule has 2 aromatic rings. The molecule has 4 rings (SSSR count). The molecule has 0 aromatic heterocycles. The zero-order valence-corrected chi connectivity index (χ0v) is 20.1. The second-order valence-corrected chi connectivity index (χ2v) is 9.63. The van der Waals surface area contributed by atoms with Gasteiger partial charge in [-0.05, 0) is 41.0 Å². The van der Waals surface area contributed by atoms with Crippen LogP contribution in [0.4, 0.5) is 4.79 Å². The van der Waals surface area contributed by atoms with Crippen molar-refractivity contribution in [3.8, 4) is 11.1 Å². The van der Waals surface area contributed by atoms with Gasteiger partial charge in [-0.25, -0.2) is 4.79 Å². The van der Waals surface area contributed by atoms with Gasteiger partial charge in [-0.15, -0.1) is 0 Å². The van der Waals surface area contributed by atoms with E-state index in [1.165, 1.54) is 0 Å². The highest BCUT2D eigenvalue weighted by Gasteiger charge is 2.30. The van der Waals surface area contributed by atoms with Gasteiger partial charge >= 0.3 is 12.1 Å². The Labute approximate surface area is 205 Å². The quantitative estimate of drug-likeness (QED) is 0.488. The summed E-state index contributed by atoms with van der Waals surface area (Å²) in [6, 6.07) is 15.6. The highest BCUT2D eigenvalue weighted by Crippen LogP contribution is 2.44. The summed E-state index contributed by atoms with van der Waals surface area (Å²) in [6.45, 7) is 4.08. The van der Waals surface area contributed by atoms with E-state index in [0.29, 0.717) is 12.8 Å². The van der Waals surface area contributed by atoms with Gasteiger partial charge in [0.15, 0.2) is 0 Å². The molecule has 2 aliphatic carbocycles. The summed E-state index contributed by atoms with van der Waals surface area (Å²) in [5.74, 6) is -1.61. The van der Waals surface area contributed by atoms with E-state index in [1.807, 2.05) is 44.2 Å². The number of allylic oxidation sites excluding steroid dienone is 1. The van der Waals surface area contributed by atoms with E-state index in [-0.39, 0.29) is 36.8 Å². The van der Waals surface area contributed by atoms with Crippen molar-refractivity contribution in [2.45, 2.75) is 51.1 Å². The van der Waals surface area contributed by atoms with Gasteiger partial charge in [-0.2, -0.15) is 0 Å². The van der Waals surface area contributed by atoms with E-state index >= 15 is 0 Å². The molecule has 3 atom stereocenters. The average Bonchev–Trinajstić information content (AvgIpc) is 3.16. The molecule has 2 unspecified atom stereocenters. The van der Waals surface area contributed by atoms with Crippen LogP contribution in [-0.2, 0) is 14.3 Å². The summed E-state index contributed by atoms with van der Waals surface area (Å²) in [5.41, 5.74) is 4.61. The Hall–Kier alpha value is -3.61. The van der Waals surface area contributed by atoms with Crippen molar-refractivity contribution in [1.82, 2.24) is 10.6 Å². The molecule has 0 aliphatic heterocycles. The molecule has 7 nitrogen and oxygen atoms in total. The highest BCUT2D eigenvalue weighted by molar-refractivity contribution is 5.80. The third-order valence-electron chi connectivity index (χ3n) is 6.88. The van der Waals surface area contributed by atoms with E-state index in [2.05, 4.69) is 34.9 Å². The molecule has 0 radical (unpaired) electrons. The first kappa shape index (κ1) is 24.5. The number of rotatable bonds is 8. The van der Waals surface area contributed by atoms with Crippen LogP contribution in [0.1, 0.15) is 50.2 Å². The molecule has 2 aromatic carbocycles. The monoisotopic (exact) mass is 476 g/mol. The number of hydrogen-bond donors (Lipinski definition) is 3. The molecule has 2 aliphatic rings. The maximum absolute atomic E-state index is 12.7. The largest absolute Gasteiger partial charge is 0.481 e. The van der Waals surface area contributed by atoms with Crippen molar-refractivity contribution in [2.24, 2.45) is 11.8 Å². The Morgan fingerprint density at radius 1 is 1.03 bits per heavy atom. The van der Waals surface area contributed by atoms with Gasteiger partial charge < -0.3 is 20.5 Å². The molecule has 0 saturated heterocycles. The number of ether oxygens (including phenoxy) is 1. The van der Waals surface area contributed by atoms with Crippen molar-refractivity contribution >= 4 is 18.0 Å². The zero-order valence-electron chi connectivity index (χ0n) is 20.1. The zero-order chi connectivity index (χ0) is 24.9. The van der Waals surface area contributed by atoms with Gasteiger partial charge in [0.25, 0.3) is 0 Å². The number of amides is 2. The van der Waals surface area contributed by atoms with Crippen LogP contribution in [0, 0.1) is 11.8 Å². The lowest BCUT2D eigenvalue weighted by Gasteiger charge is -2.26. The van der Waals surface area contributed by atoms with Gasteiger partial charge in [-0.3, -0.25) is 9.59 Å². The summed E-state index contributed by atoms with van der Waals surface area (Å²) in [5, 5.41) is 15.0. The molecule has 35 heavy (non-hydrogen) atoms. The first-order chi connectivity index (χ1) is 16.8. The molecule has 0 spiro atoms. The minimum absolute atomic E-state index is 0.00917. The van der Waals surface area contributed by atoms with Crippen LogP contribution < -0.4 is 10.6 Å². The van der Waals surface area contributed by atoms with E-state index in [0.717, 1.165) is 22.3 Å². The smallest absolute Gasteiger partial charge is 0.407 e. The minimum atomic E-state index is -0.856. The summed E-state index contributed by atoms with van der Waals surface area (Å²) in [6.07, 6.45) is 4.00. The van der Waals surface area contributed by atoms with Crippen LogP contribution in [0.5, 0.6) is 0 Å². The van der Waals surface area contributed by atoms with Crippen LogP contribution >= 0.6 is 0 Å². The Morgan fingerprint density at radius 3 is 2.26 bits per heavy atom. The number of carboxylic acid groups (broad SMARTS) is 1. The molecule has 0 saturated carbocycles. The lowest BCUT2D eigenvalue weighted by Crippen LogP contribution is -2.45. The fourth-order valence-electron chi connectivity index (χ4n) is 4.91. The molecule has 0 heterocycles. The van der Waals surface area contributed by atoms with Crippen molar-refractivity contribution in [2.75, 3.05) is 6.61 Å². The summed E-state index contributed by atoms with van der Waals surface area (Å²) < 4.78 is 5.63. The third kappa shape index (κ3) is 5.73. The number of alkyl carbamates (subject to hydrolysis) is 1. The van der Waals surface area contributed by atoms with Crippen LogP contribution in [0.2, 0.25) is 0 Å². The van der Waals surface area contributed by atoms with Crippen LogP contribution in [0.25, 0.3) is 11.1 Å². The fourth-order valence-corrected chi connectivity index (χ4v) is 4.91. The molecule has 0 bridgehead atoms. The molecule has 7 heteroatoms. The van der Waals surface area contributed by atoms with Crippen LogP contribution in [0.15, 0.2) is 60.7 Å². The first-order valence-corrected chi connectivity index (χ1v) is 12.1. The van der Waals surface area contributed by atoms with Gasteiger partial charge in [0, 0.05) is 24.4 Å². The number of aliphatic carboxylic acids is 1. The summed E-state index contributed by atoms with van der Waals surface area (Å²) in [4.78, 5) is 36.6. The van der Waals surface area contributed by atoms with Crippen LogP contribution in [-0.4, -0.2) is 41.8 Å². The number of fused-ring (bicyclic) bond motifs is 3. The van der Waals surface area contributed by atoms with E-state index in [4.69, 9.17) is 4.74 Å². The molecule has 184 valence electrons. The highest BCUT2D eigenvalue weighted by atomic mass is 16.5. The number of carbonyl (C=O) groups excluding carboxylic acids is 2. The van der Waals surface area contributed by atoms with Crippen molar-refractivity contribution < 1.29 is 24.2 Å². The van der Waals surface area contributed by atoms with Gasteiger partial charge in [0.2, 0.25) is 5.91 Å². The fraction of sp³-hybridized carbons (Fsp3) is 0.393.